The van der Waals surface area contributed by atoms with Gasteiger partial charge in [0.2, 0.25) is 0 Å². The largest absolute Gasteiger partial charge is 0.484 e. The molecule has 5 nitrogen and oxygen atoms in total. The minimum absolute atomic E-state index is 0.0265. The molecule has 35 heavy (non-hydrogen) atoms. The van der Waals surface area contributed by atoms with Gasteiger partial charge in [0, 0.05) is 15.7 Å². The molecule has 0 heterocycles. The van der Waals surface area contributed by atoms with Gasteiger partial charge in [0.15, 0.2) is 6.61 Å². The van der Waals surface area contributed by atoms with Crippen molar-refractivity contribution in [3.05, 3.63) is 93.5 Å². The molecule has 0 spiro atoms. The quantitative estimate of drug-likeness (QED) is 0.302. The Hall–Kier alpha value is -3.02. The summed E-state index contributed by atoms with van der Waals surface area (Å²) in [5.41, 5.74) is 2.94. The number of nitrogens with zero attached hydrogens (tertiary/aromatic N) is 1. The van der Waals surface area contributed by atoms with Crippen molar-refractivity contribution in [3.63, 3.8) is 0 Å². The van der Waals surface area contributed by atoms with Gasteiger partial charge < -0.3 is 14.4 Å². The second kappa shape index (κ2) is 11.6. The smallest absolute Gasteiger partial charge is 0.338 e. The Morgan fingerprint density at radius 1 is 0.914 bits per heavy atom. The van der Waals surface area contributed by atoms with Crippen LogP contribution in [0.2, 0.25) is 10.0 Å². The van der Waals surface area contributed by atoms with E-state index >= 15 is 0 Å². The lowest BCUT2D eigenvalue weighted by Gasteiger charge is -2.24. The molecule has 0 aliphatic heterocycles. The Morgan fingerprint density at radius 2 is 1.57 bits per heavy atom. The summed E-state index contributed by atoms with van der Waals surface area (Å²) < 4.78 is 10.8. The zero-order chi connectivity index (χ0) is 25.6. The van der Waals surface area contributed by atoms with E-state index in [1.165, 1.54) is 5.56 Å². The van der Waals surface area contributed by atoms with E-state index in [-0.39, 0.29) is 31.1 Å². The molecule has 3 aromatic rings. The zero-order valence-corrected chi connectivity index (χ0v) is 21.8. The molecule has 0 fully saturated rings. The van der Waals surface area contributed by atoms with E-state index in [4.69, 9.17) is 32.7 Å². The Balaban J connectivity index is 1.81. The normalized spacial score (nSPS) is 11.1. The van der Waals surface area contributed by atoms with Crippen LogP contribution in [0.5, 0.6) is 5.75 Å². The topological polar surface area (TPSA) is 55.8 Å². The summed E-state index contributed by atoms with van der Waals surface area (Å²) in [4.78, 5) is 26.9. The Labute approximate surface area is 216 Å². The molecule has 0 saturated carbocycles. The van der Waals surface area contributed by atoms with E-state index in [9.17, 15) is 9.59 Å². The fourth-order valence-electron chi connectivity index (χ4n) is 3.41. The fraction of sp³-hybridized carbons (Fsp3) is 0.286. The molecule has 184 valence electrons. The first kappa shape index (κ1) is 26.6. The van der Waals surface area contributed by atoms with Gasteiger partial charge in [0.05, 0.1) is 18.7 Å². The number of ether oxygens (including phenoxy) is 2. The molecule has 0 N–H and O–H groups in total. The summed E-state index contributed by atoms with van der Waals surface area (Å²) in [6.45, 7) is 8.49. The Morgan fingerprint density at radius 3 is 2.14 bits per heavy atom. The summed E-state index contributed by atoms with van der Waals surface area (Å²) in [6, 6.07) is 19.5. The number of carbonyl (C=O) groups is 2. The van der Waals surface area contributed by atoms with Crippen molar-refractivity contribution in [2.75, 3.05) is 18.1 Å². The molecule has 1 amide bonds. The van der Waals surface area contributed by atoms with Crippen molar-refractivity contribution in [1.29, 1.82) is 0 Å². The summed E-state index contributed by atoms with van der Waals surface area (Å²) in [5.74, 6) is -0.0759. The van der Waals surface area contributed by atoms with Crippen molar-refractivity contribution >= 4 is 40.8 Å². The molecule has 0 aromatic heterocycles. The molecule has 0 atom stereocenters. The van der Waals surface area contributed by atoms with Crippen molar-refractivity contribution in [2.24, 2.45) is 0 Å². The van der Waals surface area contributed by atoms with Gasteiger partial charge in [-0.3, -0.25) is 4.79 Å². The van der Waals surface area contributed by atoms with Crippen LogP contribution in [0.1, 0.15) is 49.2 Å². The summed E-state index contributed by atoms with van der Waals surface area (Å²) in [7, 11) is 0. The van der Waals surface area contributed by atoms with Crippen molar-refractivity contribution < 1.29 is 19.1 Å². The van der Waals surface area contributed by atoms with Crippen molar-refractivity contribution in [3.8, 4) is 5.75 Å². The molecule has 0 unspecified atom stereocenters. The maximum Gasteiger partial charge on any atom is 0.338 e. The maximum absolute atomic E-state index is 13.3. The molecular weight excluding hydrogens is 485 g/mol. The van der Waals surface area contributed by atoms with E-state index < -0.39 is 5.97 Å². The highest BCUT2D eigenvalue weighted by Gasteiger charge is 2.20. The van der Waals surface area contributed by atoms with Gasteiger partial charge in [0.25, 0.3) is 5.91 Å². The standard InChI is InChI=1S/C28H29Cl2NO4/c1-5-34-27(33)19-7-12-23(13-8-19)31(17-20-6-11-22(29)16-25(20)30)26(32)18-35-24-14-9-21(10-15-24)28(2,3)4/h6-16H,5,17-18H2,1-4H3. The van der Waals surface area contributed by atoms with Crippen LogP contribution in [0, 0.1) is 0 Å². The average Bonchev–Trinajstić information content (AvgIpc) is 2.82. The number of hydrogen-bond donors (Lipinski definition) is 0. The lowest BCUT2D eigenvalue weighted by molar-refractivity contribution is -0.120. The third-order valence-corrected chi connectivity index (χ3v) is 6.00. The van der Waals surface area contributed by atoms with E-state index in [1.807, 2.05) is 24.3 Å². The number of carbonyl (C=O) groups excluding carboxylic acids is 2. The maximum atomic E-state index is 13.3. The monoisotopic (exact) mass is 513 g/mol. The van der Waals surface area contributed by atoms with Gasteiger partial charge in [-0.15, -0.1) is 0 Å². The molecular formula is C28H29Cl2NO4. The van der Waals surface area contributed by atoms with Crippen LogP contribution in [-0.4, -0.2) is 25.1 Å². The van der Waals surface area contributed by atoms with Crippen LogP contribution in [0.3, 0.4) is 0 Å². The summed E-state index contributed by atoms with van der Waals surface area (Å²) in [6.07, 6.45) is 0. The second-order valence-corrected chi connectivity index (χ2v) is 9.89. The van der Waals surface area contributed by atoms with Gasteiger partial charge in [-0.25, -0.2) is 4.79 Å². The van der Waals surface area contributed by atoms with Gasteiger partial charge in [-0.2, -0.15) is 0 Å². The molecule has 0 bridgehead atoms. The van der Waals surface area contributed by atoms with Crippen LogP contribution in [-0.2, 0) is 21.5 Å². The highest BCUT2D eigenvalue weighted by Crippen LogP contribution is 2.27. The number of hydrogen-bond acceptors (Lipinski definition) is 4. The third kappa shape index (κ3) is 7.23. The van der Waals surface area contributed by atoms with Crippen LogP contribution < -0.4 is 9.64 Å². The SMILES string of the molecule is CCOC(=O)c1ccc(N(Cc2ccc(Cl)cc2Cl)C(=O)COc2ccc(C(C)(C)C)cc2)cc1. The molecule has 3 aromatic carbocycles. The van der Waals surface area contributed by atoms with Crippen molar-refractivity contribution in [2.45, 2.75) is 39.7 Å². The minimum Gasteiger partial charge on any atom is -0.484 e. The number of halogens is 2. The first-order valence-corrected chi connectivity index (χ1v) is 12.1. The first-order chi connectivity index (χ1) is 16.6. The number of rotatable bonds is 8. The van der Waals surface area contributed by atoms with Gasteiger partial charge in [-0.05, 0) is 72.0 Å². The highest BCUT2D eigenvalue weighted by molar-refractivity contribution is 6.35. The number of esters is 1. The van der Waals surface area contributed by atoms with Crippen LogP contribution in [0.15, 0.2) is 66.7 Å². The Kier molecular flexibility index (Phi) is 8.82. The predicted molar refractivity (Wildman–Crippen MR) is 141 cm³/mol. The summed E-state index contributed by atoms with van der Waals surface area (Å²) >= 11 is 12.4. The molecule has 0 saturated heterocycles. The van der Waals surface area contributed by atoms with Crippen molar-refractivity contribution in [1.82, 2.24) is 0 Å². The predicted octanol–water partition coefficient (Wildman–Crippen LogP) is 7.08. The zero-order valence-electron chi connectivity index (χ0n) is 20.3. The number of anilines is 1. The lowest BCUT2D eigenvalue weighted by Crippen LogP contribution is -2.34. The molecule has 7 heteroatoms. The number of benzene rings is 3. The van der Waals surface area contributed by atoms with E-state index in [0.717, 1.165) is 5.56 Å². The first-order valence-electron chi connectivity index (χ1n) is 11.3. The van der Waals surface area contributed by atoms with E-state index in [1.54, 1.807) is 54.3 Å². The molecule has 0 aliphatic carbocycles. The third-order valence-electron chi connectivity index (χ3n) is 5.42. The molecule has 3 rings (SSSR count). The second-order valence-electron chi connectivity index (χ2n) is 9.05. The van der Waals surface area contributed by atoms with Gasteiger partial charge in [-0.1, -0.05) is 62.2 Å². The molecule has 0 aliphatic rings. The van der Waals surface area contributed by atoms with Crippen LogP contribution in [0.25, 0.3) is 0 Å². The fourth-order valence-corrected chi connectivity index (χ4v) is 3.88. The molecule has 0 radical (unpaired) electrons. The van der Waals surface area contributed by atoms with Crippen LogP contribution in [0.4, 0.5) is 5.69 Å². The Bertz CT molecular complexity index is 1170. The lowest BCUT2D eigenvalue weighted by atomic mass is 9.87. The van der Waals surface area contributed by atoms with E-state index in [2.05, 4.69) is 20.8 Å². The van der Waals surface area contributed by atoms with E-state index in [0.29, 0.717) is 27.0 Å². The summed E-state index contributed by atoms with van der Waals surface area (Å²) in [5, 5.41) is 0.967. The highest BCUT2D eigenvalue weighted by atomic mass is 35.5. The van der Waals surface area contributed by atoms with Gasteiger partial charge >= 0.3 is 5.97 Å². The average molecular weight is 514 g/mol. The van der Waals surface area contributed by atoms with Gasteiger partial charge in [0.1, 0.15) is 5.75 Å². The number of amides is 1. The van der Waals surface area contributed by atoms with Crippen LogP contribution >= 0.6 is 23.2 Å². The minimum atomic E-state index is -0.417.